The number of anilines is 1. The Morgan fingerprint density at radius 3 is 2.55 bits per heavy atom. The summed E-state index contributed by atoms with van der Waals surface area (Å²) in [6.07, 6.45) is 4.25. The molecule has 0 aliphatic carbocycles. The van der Waals surface area contributed by atoms with Crippen LogP contribution in [0.5, 0.6) is 0 Å². The lowest BCUT2D eigenvalue weighted by Crippen LogP contribution is -2.55. The van der Waals surface area contributed by atoms with Crippen molar-refractivity contribution in [1.82, 2.24) is 15.5 Å². The Labute approximate surface area is 175 Å². The number of hydrogen-bond donors (Lipinski definition) is 2. The highest BCUT2D eigenvalue weighted by Gasteiger charge is 2.30. The van der Waals surface area contributed by atoms with Crippen LogP contribution >= 0.6 is 0 Å². The predicted molar refractivity (Wildman–Crippen MR) is 120 cm³/mol. The first kappa shape index (κ1) is 21.6. The molecule has 2 saturated heterocycles. The molecular formula is C23H37N5O. The van der Waals surface area contributed by atoms with Crippen LogP contribution in [0.25, 0.3) is 0 Å². The molecule has 1 aromatic rings. The second-order valence-electron chi connectivity index (χ2n) is 9.10. The molecular weight excluding hydrogens is 362 g/mol. The minimum Gasteiger partial charge on any atom is -0.355 e. The van der Waals surface area contributed by atoms with Gasteiger partial charge in [-0.1, -0.05) is 19.1 Å². The van der Waals surface area contributed by atoms with E-state index >= 15 is 0 Å². The summed E-state index contributed by atoms with van der Waals surface area (Å²) in [7, 11) is 1.81. The van der Waals surface area contributed by atoms with Crippen molar-refractivity contribution in [2.75, 3.05) is 38.1 Å². The molecule has 0 bridgehead atoms. The average molecular weight is 400 g/mol. The van der Waals surface area contributed by atoms with Crippen LogP contribution in [-0.4, -0.2) is 55.5 Å². The number of nitrogens with zero attached hydrogens (tertiary/aromatic N) is 3. The van der Waals surface area contributed by atoms with Gasteiger partial charge in [0, 0.05) is 50.9 Å². The van der Waals surface area contributed by atoms with E-state index in [2.05, 4.69) is 53.4 Å². The molecule has 160 valence electrons. The van der Waals surface area contributed by atoms with E-state index in [0.717, 1.165) is 37.1 Å². The van der Waals surface area contributed by atoms with Crippen molar-refractivity contribution in [1.29, 1.82) is 0 Å². The number of carbonyl (C=O) groups is 1. The summed E-state index contributed by atoms with van der Waals surface area (Å²) in [5, 5.41) is 6.91. The summed E-state index contributed by atoms with van der Waals surface area (Å²) in [5.74, 6) is 1.83. The molecule has 0 saturated carbocycles. The van der Waals surface area contributed by atoms with Crippen LogP contribution in [0.2, 0.25) is 0 Å². The van der Waals surface area contributed by atoms with Crippen LogP contribution in [0.4, 0.5) is 5.69 Å². The Bertz CT molecular complexity index is 712. The van der Waals surface area contributed by atoms with E-state index in [1.54, 1.807) is 0 Å². The second-order valence-corrected chi connectivity index (χ2v) is 9.10. The molecule has 0 spiro atoms. The van der Waals surface area contributed by atoms with Gasteiger partial charge in [-0.15, -0.1) is 0 Å². The molecule has 1 atom stereocenters. The maximum Gasteiger partial charge on any atom is 0.227 e. The average Bonchev–Trinajstić information content (AvgIpc) is 3.14. The molecule has 2 aliphatic heterocycles. The number of amides is 1. The predicted octanol–water partition coefficient (Wildman–Crippen LogP) is 2.99. The molecule has 2 aliphatic rings. The Morgan fingerprint density at radius 2 is 1.93 bits per heavy atom. The maximum absolute atomic E-state index is 11.9. The second kappa shape index (κ2) is 9.61. The van der Waals surface area contributed by atoms with Crippen LogP contribution in [-0.2, 0) is 11.3 Å². The fourth-order valence-corrected chi connectivity index (χ4v) is 4.27. The molecule has 0 aromatic heterocycles. The van der Waals surface area contributed by atoms with E-state index in [1.165, 1.54) is 31.5 Å². The molecule has 2 N–H and O–H groups in total. The van der Waals surface area contributed by atoms with Crippen LogP contribution in [0, 0.1) is 5.92 Å². The molecule has 6 nitrogen and oxygen atoms in total. The molecule has 2 heterocycles. The highest BCUT2D eigenvalue weighted by atomic mass is 16.2. The van der Waals surface area contributed by atoms with Crippen molar-refractivity contribution in [3.05, 3.63) is 29.8 Å². The number of benzene rings is 1. The minimum atomic E-state index is 0.0935. The molecule has 2 fully saturated rings. The summed E-state index contributed by atoms with van der Waals surface area (Å²) >= 11 is 0. The van der Waals surface area contributed by atoms with Gasteiger partial charge in [-0.25, -0.2) is 0 Å². The van der Waals surface area contributed by atoms with Crippen molar-refractivity contribution in [3.8, 4) is 0 Å². The van der Waals surface area contributed by atoms with E-state index in [4.69, 9.17) is 0 Å². The number of aliphatic imine (C=N–C) groups is 1. The Morgan fingerprint density at radius 1 is 1.17 bits per heavy atom. The number of likely N-dealkylation sites (tertiary alicyclic amines) is 1. The number of carbonyl (C=O) groups excluding carboxylic acids is 1. The van der Waals surface area contributed by atoms with Crippen LogP contribution in [0.3, 0.4) is 0 Å². The van der Waals surface area contributed by atoms with Crippen molar-refractivity contribution >= 4 is 17.6 Å². The van der Waals surface area contributed by atoms with E-state index in [9.17, 15) is 4.79 Å². The van der Waals surface area contributed by atoms with Gasteiger partial charge in [-0.05, 0) is 63.3 Å². The Balaban J connectivity index is 1.48. The fraction of sp³-hybridized carbons (Fsp3) is 0.652. The third kappa shape index (κ3) is 5.72. The SMILES string of the molecule is CN=C(NCc1ccc(N2CCCC2=O)cc1)NCC(C)(C)N1CCCC(C)C1. The molecule has 0 radical (unpaired) electrons. The zero-order valence-corrected chi connectivity index (χ0v) is 18.5. The lowest BCUT2D eigenvalue weighted by Gasteiger charge is -2.43. The highest BCUT2D eigenvalue weighted by Crippen LogP contribution is 2.23. The number of piperidine rings is 1. The van der Waals surface area contributed by atoms with Gasteiger partial charge in [-0.2, -0.15) is 0 Å². The zero-order chi connectivity index (χ0) is 20.9. The lowest BCUT2D eigenvalue weighted by atomic mass is 9.93. The van der Waals surface area contributed by atoms with E-state index in [0.29, 0.717) is 13.0 Å². The summed E-state index contributed by atoms with van der Waals surface area (Å²) in [4.78, 5) is 20.7. The third-order valence-electron chi connectivity index (χ3n) is 6.21. The van der Waals surface area contributed by atoms with Gasteiger partial charge in [-0.3, -0.25) is 14.7 Å². The number of hydrogen-bond acceptors (Lipinski definition) is 3. The molecule has 1 aromatic carbocycles. The summed E-state index contributed by atoms with van der Waals surface area (Å²) < 4.78 is 0. The van der Waals surface area contributed by atoms with Gasteiger partial charge in [0.15, 0.2) is 5.96 Å². The molecule has 1 unspecified atom stereocenters. The first-order valence-corrected chi connectivity index (χ1v) is 11.0. The maximum atomic E-state index is 11.9. The summed E-state index contributed by atoms with van der Waals surface area (Å²) in [5.41, 5.74) is 2.26. The number of guanidine groups is 1. The first-order valence-electron chi connectivity index (χ1n) is 11.0. The van der Waals surface area contributed by atoms with Crippen molar-refractivity contribution in [2.24, 2.45) is 10.9 Å². The van der Waals surface area contributed by atoms with Crippen molar-refractivity contribution < 1.29 is 4.79 Å². The minimum absolute atomic E-state index is 0.0935. The van der Waals surface area contributed by atoms with Crippen LogP contribution < -0.4 is 15.5 Å². The molecule has 3 rings (SSSR count). The zero-order valence-electron chi connectivity index (χ0n) is 18.5. The molecule has 29 heavy (non-hydrogen) atoms. The van der Waals surface area contributed by atoms with Gasteiger partial charge in [0.25, 0.3) is 0 Å². The summed E-state index contributed by atoms with van der Waals surface area (Å²) in [6.45, 7) is 11.7. The summed E-state index contributed by atoms with van der Waals surface area (Å²) in [6, 6.07) is 8.24. The van der Waals surface area contributed by atoms with E-state index in [-0.39, 0.29) is 11.4 Å². The number of nitrogens with one attached hydrogen (secondary N) is 2. The quantitative estimate of drug-likeness (QED) is 0.570. The standard InChI is InChI=1S/C23H37N5O/c1-18-7-5-13-27(16-18)23(2,3)17-26-22(24-4)25-15-19-9-11-20(12-10-19)28-14-6-8-21(28)29/h9-12,18H,5-8,13-17H2,1-4H3,(H2,24,25,26). The van der Waals surface area contributed by atoms with Crippen LogP contribution in [0.1, 0.15) is 52.0 Å². The van der Waals surface area contributed by atoms with E-state index < -0.39 is 0 Å². The van der Waals surface area contributed by atoms with E-state index in [1.807, 2.05) is 24.1 Å². The number of rotatable bonds is 6. The Hall–Kier alpha value is -2.08. The lowest BCUT2D eigenvalue weighted by molar-refractivity contribution is -0.117. The highest BCUT2D eigenvalue weighted by molar-refractivity contribution is 5.95. The van der Waals surface area contributed by atoms with Crippen molar-refractivity contribution in [2.45, 2.75) is 58.5 Å². The van der Waals surface area contributed by atoms with Gasteiger partial charge >= 0.3 is 0 Å². The first-order chi connectivity index (χ1) is 13.9. The van der Waals surface area contributed by atoms with Crippen LogP contribution in [0.15, 0.2) is 29.3 Å². The van der Waals surface area contributed by atoms with Gasteiger partial charge in [0.2, 0.25) is 5.91 Å². The fourth-order valence-electron chi connectivity index (χ4n) is 4.27. The smallest absolute Gasteiger partial charge is 0.227 e. The topological polar surface area (TPSA) is 60.0 Å². The third-order valence-corrected chi connectivity index (χ3v) is 6.21. The normalized spacial score (nSPS) is 21.5. The molecule has 1 amide bonds. The monoisotopic (exact) mass is 399 g/mol. The van der Waals surface area contributed by atoms with Gasteiger partial charge < -0.3 is 15.5 Å². The van der Waals surface area contributed by atoms with Gasteiger partial charge in [0.1, 0.15) is 0 Å². The molecule has 6 heteroatoms. The van der Waals surface area contributed by atoms with Crippen molar-refractivity contribution in [3.63, 3.8) is 0 Å². The largest absolute Gasteiger partial charge is 0.355 e. The Kier molecular flexibility index (Phi) is 7.17. The van der Waals surface area contributed by atoms with Gasteiger partial charge in [0.05, 0.1) is 0 Å².